The minimum absolute atomic E-state index is 0.942. The first-order valence-electron chi connectivity index (χ1n) is 9.74. The lowest BCUT2D eigenvalue weighted by Crippen LogP contribution is -2.00. The Kier molecular flexibility index (Phi) is 4.51. The highest BCUT2D eigenvalue weighted by molar-refractivity contribution is 5.71. The third-order valence-corrected chi connectivity index (χ3v) is 5.10. The molecule has 0 saturated heterocycles. The maximum Gasteiger partial charge on any atom is 0.144 e. The van der Waals surface area contributed by atoms with Crippen molar-refractivity contribution in [1.29, 1.82) is 0 Å². The largest absolute Gasteiger partial charge is 0.292 e. The number of imidazole rings is 1. The van der Waals surface area contributed by atoms with E-state index in [1.54, 1.807) is 0 Å². The highest BCUT2D eigenvalue weighted by atomic mass is 15.1. The van der Waals surface area contributed by atoms with Gasteiger partial charge in [0.1, 0.15) is 5.82 Å². The van der Waals surface area contributed by atoms with E-state index < -0.39 is 0 Å². The van der Waals surface area contributed by atoms with Gasteiger partial charge in [-0.25, -0.2) is 4.98 Å². The molecule has 0 fully saturated rings. The van der Waals surface area contributed by atoms with Gasteiger partial charge in [0.15, 0.2) is 0 Å². The maximum atomic E-state index is 4.78. The van der Waals surface area contributed by atoms with Gasteiger partial charge in [0.2, 0.25) is 0 Å². The number of benzene rings is 4. The first-order chi connectivity index (χ1) is 14.4. The van der Waals surface area contributed by atoms with Gasteiger partial charge >= 0.3 is 0 Å². The highest BCUT2D eigenvalue weighted by Gasteiger charge is 2.15. The van der Waals surface area contributed by atoms with Gasteiger partial charge in [-0.2, -0.15) is 0 Å². The molecule has 0 bridgehead atoms. The predicted molar refractivity (Wildman–Crippen MR) is 120 cm³/mol. The molecular weight excluding hydrogens is 352 g/mol. The van der Waals surface area contributed by atoms with Gasteiger partial charge in [-0.05, 0) is 23.3 Å². The van der Waals surface area contributed by atoms with E-state index in [0.717, 1.165) is 28.3 Å². The van der Waals surface area contributed by atoms with Crippen LogP contribution in [0.5, 0.6) is 0 Å². The molecule has 0 aliphatic rings. The predicted octanol–water partition coefficient (Wildman–Crippen LogP) is 6.87. The van der Waals surface area contributed by atoms with Gasteiger partial charge in [0, 0.05) is 16.8 Å². The molecule has 0 saturated carbocycles. The molecule has 0 amide bonds. The van der Waals surface area contributed by atoms with E-state index in [1.807, 2.05) is 24.4 Å². The van der Waals surface area contributed by atoms with Crippen LogP contribution in [0, 0.1) is 0 Å². The maximum absolute atomic E-state index is 4.78. The van der Waals surface area contributed by atoms with Crippen LogP contribution in [0.2, 0.25) is 0 Å². The van der Waals surface area contributed by atoms with Crippen molar-refractivity contribution >= 4 is 0 Å². The molecule has 5 rings (SSSR count). The fraction of sp³-hybridized carbons (Fsp3) is 0. The Balaban J connectivity index is 1.66. The molecule has 2 heteroatoms. The Morgan fingerprint density at radius 2 is 0.931 bits per heavy atom. The molecule has 1 heterocycles. The van der Waals surface area contributed by atoms with Crippen LogP contribution in [0.25, 0.3) is 39.5 Å². The van der Waals surface area contributed by atoms with E-state index in [-0.39, 0.29) is 0 Å². The zero-order chi connectivity index (χ0) is 19.5. The van der Waals surface area contributed by atoms with Crippen LogP contribution in [-0.2, 0) is 0 Å². The monoisotopic (exact) mass is 372 g/mol. The Bertz CT molecular complexity index is 1150. The summed E-state index contributed by atoms with van der Waals surface area (Å²) in [5.41, 5.74) is 6.85. The fourth-order valence-corrected chi connectivity index (χ4v) is 3.65. The Morgan fingerprint density at radius 3 is 1.52 bits per heavy atom. The van der Waals surface area contributed by atoms with Crippen molar-refractivity contribution in [3.63, 3.8) is 0 Å². The minimum Gasteiger partial charge on any atom is -0.292 e. The van der Waals surface area contributed by atoms with E-state index in [1.165, 1.54) is 11.1 Å². The van der Waals surface area contributed by atoms with E-state index in [2.05, 4.69) is 102 Å². The Labute approximate surface area is 170 Å². The van der Waals surface area contributed by atoms with Crippen LogP contribution in [-0.4, -0.2) is 9.55 Å². The number of nitrogens with zero attached hydrogens (tertiary/aromatic N) is 2. The second-order valence-corrected chi connectivity index (χ2v) is 6.95. The summed E-state index contributed by atoms with van der Waals surface area (Å²) in [4.78, 5) is 4.78. The summed E-state index contributed by atoms with van der Waals surface area (Å²) in [6.07, 6.45) is 1.96. The first-order valence-corrected chi connectivity index (χ1v) is 9.74. The van der Waals surface area contributed by atoms with Gasteiger partial charge in [-0.15, -0.1) is 0 Å². The van der Waals surface area contributed by atoms with Crippen molar-refractivity contribution in [1.82, 2.24) is 9.55 Å². The first kappa shape index (κ1) is 17.2. The third kappa shape index (κ3) is 3.37. The van der Waals surface area contributed by atoms with E-state index >= 15 is 0 Å². The molecule has 1 aromatic heterocycles. The standard InChI is InChI=1S/C27H20N2/c1-4-10-21(11-5-1)22-16-18-25(19-17-22)29-26(23-12-6-2-7-13-23)20-28-27(29)24-14-8-3-9-15-24/h1-20H. The molecule has 0 N–H and O–H groups in total. The average molecular weight is 372 g/mol. The molecule has 0 spiro atoms. The molecule has 2 nitrogen and oxygen atoms in total. The number of rotatable bonds is 4. The molecule has 0 aliphatic carbocycles. The van der Waals surface area contributed by atoms with E-state index in [4.69, 9.17) is 4.98 Å². The fourth-order valence-electron chi connectivity index (χ4n) is 3.65. The lowest BCUT2D eigenvalue weighted by atomic mass is 10.1. The summed E-state index contributed by atoms with van der Waals surface area (Å²) in [5, 5.41) is 0. The number of aromatic nitrogens is 2. The second-order valence-electron chi connectivity index (χ2n) is 6.95. The van der Waals surface area contributed by atoms with E-state index in [0.29, 0.717) is 0 Å². The lowest BCUT2D eigenvalue weighted by molar-refractivity contribution is 1.07. The smallest absolute Gasteiger partial charge is 0.144 e. The van der Waals surface area contributed by atoms with Gasteiger partial charge in [-0.1, -0.05) is 103 Å². The Hall–Kier alpha value is -3.91. The van der Waals surface area contributed by atoms with Gasteiger partial charge in [0.25, 0.3) is 0 Å². The van der Waals surface area contributed by atoms with E-state index in [9.17, 15) is 0 Å². The molecule has 0 unspecified atom stereocenters. The van der Waals surface area contributed by atoms with Crippen molar-refractivity contribution in [2.45, 2.75) is 0 Å². The summed E-state index contributed by atoms with van der Waals surface area (Å²) < 4.78 is 2.24. The van der Waals surface area contributed by atoms with Crippen LogP contribution < -0.4 is 0 Å². The highest BCUT2D eigenvalue weighted by Crippen LogP contribution is 2.31. The lowest BCUT2D eigenvalue weighted by Gasteiger charge is -2.13. The zero-order valence-electron chi connectivity index (χ0n) is 15.9. The SMILES string of the molecule is c1ccc(-c2ccc(-n3c(-c4ccccc4)cnc3-c3ccccc3)cc2)cc1. The zero-order valence-corrected chi connectivity index (χ0v) is 15.9. The number of hydrogen-bond donors (Lipinski definition) is 0. The van der Waals surface area contributed by atoms with Gasteiger partial charge in [-0.3, -0.25) is 4.57 Å². The topological polar surface area (TPSA) is 17.8 Å². The normalized spacial score (nSPS) is 10.8. The third-order valence-electron chi connectivity index (χ3n) is 5.10. The van der Waals surface area contributed by atoms with Crippen molar-refractivity contribution in [2.24, 2.45) is 0 Å². The molecule has 0 atom stereocenters. The van der Waals surface area contributed by atoms with Crippen molar-refractivity contribution in [2.75, 3.05) is 0 Å². The molecule has 29 heavy (non-hydrogen) atoms. The summed E-state index contributed by atoms with van der Waals surface area (Å²) in [5.74, 6) is 0.942. The molecule has 4 aromatic carbocycles. The molecule has 5 aromatic rings. The molecule has 0 aliphatic heterocycles. The van der Waals surface area contributed by atoms with Crippen LogP contribution in [0.3, 0.4) is 0 Å². The van der Waals surface area contributed by atoms with Gasteiger partial charge in [0.05, 0.1) is 11.9 Å². The van der Waals surface area contributed by atoms with Crippen LogP contribution in [0.4, 0.5) is 0 Å². The van der Waals surface area contributed by atoms with Crippen LogP contribution in [0.1, 0.15) is 0 Å². The number of hydrogen-bond acceptors (Lipinski definition) is 1. The minimum atomic E-state index is 0.942. The molecule has 138 valence electrons. The molecule has 0 radical (unpaired) electrons. The Morgan fingerprint density at radius 1 is 0.448 bits per heavy atom. The molecular formula is C27H20N2. The van der Waals surface area contributed by atoms with Crippen molar-refractivity contribution < 1.29 is 0 Å². The average Bonchev–Trinajstić information content (AvgIpc) is 3.26. The van der Waals surface area contributed by atoms with Crippen LogP contribution in [0.15, 0.2) is 121 Å². The summed E-state index contributed by atoms with van der Waals surface area (Å²) in [6.45, 7) is 0. The summed E-state index contributed by atoms with van der Waals surface area (Å²) in [6, 6.07) is 39.9. The van der Waals surface area contributed by atoms with Crippen molar-refractivity contribution in [3.05, 3.63) is 121 Å². The van der Waals surface area contributed by atoms with Crippen molar-refractivity contribution in [3.8, 4) is 39.5 Å². The summed E-state index contributed by atoms with van der Waals surface area (Å²) >= 11 is 0. The van der Waals surface area contributed by atoms with Gasteiger partial charge < -0.3 is 0 Å². The quantitative estimate of drug-likeness (QED) is 0.336. The second kappa shape index (κ2) is 7.61. The van der Waals surface area contributed by atoms with Crippen LogP contribution >= 0.6 is 0 Å². The summed E-state index contributed by atoms with van der Waals surface area (Å²) in [7, 11) is 0.